The number of benzene rings is 1. The minimum atomic E-state index is -0.842. The van der Waals surface area contributed by atoms with Crippen LogP contribution in [0.4, 0.5) is 5.69 Å². The molecule has 0 saturated heterocycles. The number of ether oxygens (including phenoxy) is 4. The topological polar surface area (TPSA) is 80.1 Å². The highest BCUT2D eigenvalue weighted by Crippen LogP contribution is 2.38. The summed E-state index contributed by atoms with van der Waals surface area (Å²) in [6, 6.07) is 2.74. The second-order valence-corrected chi connectivity index (χ2v) is 3.33. The number of nitro groups is 1. The molecule has 0 N–H and O–H groups in total. The molecule has 0 saturated carbocycles. The Hall–Kier alpha value is -1.86. The van der Waals surface area contributed by atoms with E-state index in [0.717, 1.165) is 0 Å². The molecule has 1 aromatic carbocycles. The molecule has 0 aliphatic rings. The maximum absolute atomic E-state index is 11.0. The lowest BCUT2D eigenvalue weighted by Crippen LogP contribution is -2.08. The largest absolute Gasteiger partial charge is 0.493 e. The Bertz CT molecular complexity index is 430. The molecule has 7 nitrogen and oxygen atoms in total. The lowest BCUT2D eigenvalue weighted by Gasteiger charge is -2.16. The van der Waals surface area contributed by atoms with Gasteiger partial charge in [-0.05, 0) is 6.07 Å². The predicted molar refractivity (Wildman–Crippen MR) is 63.0 cm³/mol. The Morgan fingerprint density at radius 1 is 1.06 bits per heavy atom. The van der Waals surface area contributed by atoms with Gasteiger partial charge in [0.1, 0.15) is 0 Å². The van der Waals surface area contributed by atoms with Crippen LogP contribution >= 0.6 is 0 Å². The molecule has 0 aromatic heterocycles. The molecule has 0 aliphatic heterocycles. The molecular weight excluding hydrogens is 242 g/mol. The lowest BCUT2D eigenvalue weighted by atomic mass is 10.1. The fourth-order valence-electron chi connectivity index (χ4n) is 1.58. The summed E-state index contributed by atoms with van der Waals surface area (Å²) in [5.41, 5.74) is 0.115. The molecule has 7 heteroatoms. The molecule has 0 unspecified atom stereocenters. The second-order valence-electron chi connectivity index (χ2n) is 3.33. The Morgan fingerprint density at radius 3 is 1.94 bits per heavy atom. The van der Waals surface area contributed by atoms with Crippen molar-refractivity contribution in [2.24, 2.45) is 0 Å². The Balaban J connectivity index is 3.41. The van der Waals surface area contributed by atoms with E-state index in [4.69, 9.17) is 18.9 Å². The van der Waals surface area contributed by atoms with Crippen molar-refractivity contribution in [1.82, 2.24) is 0 Å². The van der Waals surface area contributed by atoms with Gasteiger partial charge in [0.25, 0.3) is 5.69 Å². The van der Waals surface area contributed by atoms with Crippen LogP contribution in [0, 0.1) is 10.1 Å². The zero-order chi connectivity index (χ0) is 13.7. The monoisotopic (exact) mass is 257 g/mol. The van der Waals surface area contributed by atoms with Gasteiger partial charge in [0.2, 0.25) is 0 Å². The third-order valence-electron chi connectivity index (χ3n) is 2.41. The summed E-state index contributed by atoms with van der Waals surface area (Å²) < 4.78 is 20.2. The molecule has 0 heterocycles. The van der Waals surface area contributed by atoms with E-state index in [1.165, 1.54) is 40.6 Å². The maximum atomic E-state index is 11.0. The quantitative estimate of drug-likeness (QED) is 0.440. The van der Waals surface area contributed by atoms with Crippen molar-refractivity contribution in [3.63, 3.8) is 0 Å². The van der Waals surface area contributed by atoms with Crippen molar-refractivity contribution in [3.8, 4) is 11.5 Å². The maximum Gasteiger partial charge on any atom is 0.281 e. The van der Waals surface area contributed by atoms with Gasteiger partial charge in [0.05, 0.1) is 30.8 Å². The SMILES string of the molecule is COc1cc(C(OC)OC)c([N+](=O)[O-])cc1OC. The van der Waals surface area contributed by atoms with E-state index in [9.17, 15) is 10.1 Å². The van der Waals surface area contributed by atoms with Crippen LogP contribution in [0.25, 0.3) is 0 Å². The van der Waals surface area contributed by atoms with E-state index >= 15 is 0 Å². The summed E-state index contributed by atoms with van der Waals surface area (Å²) in [6.07, 6.45) is -0.842. The fraction of sp³-hybridized carbons (Fsp3) is 0.455. The third-order valence-corrected chi connectivity index (χ3v) is 2.41. The van der Waals surface area contributed by atoms with E-state index < -0.39 is 11.2 Å². The standard InChI is InChI=1S/C11H15NO6/c1-15-9-5-7(11(17-3)18-4)8(12(13)14)6-10(9)16-2/h5-6,11H,1-4H3. The van der Waals surface area contributed by atoms with Crippen molar-refractivity contribution >= 4 is 5.69 Å². The first-order chi connectivity index (χ1) is 8.58. The van der Waals surface area contributed by atoms with E-state index in [0.29, 0.717) is 5.75 Å². The van der Waals surface area contributed by atoms with E-state index in [2.05, 4.69) is 0 Å². The van der Waals surface area contributed by atoms with Crippen LogP contribution in [-0.4, -0.2) is 33.4 Å². The molecule has 0 fully saturated rings. The molecular formula is C11H15NO6. The van der Waals surface area contributed by atoms with Gasteiger partial charge in [-0.1, -0.05) is 0 Å². The van der Waals surface area contributed by atoms with Gasteiger partial charge < -0.3 is 18.9 Å². The first-order valence-corrected chi connectivity index (χ1v) is 5.04. The average molecular weight is 257 g/mol. The highest BCUT2D eigenvalue weighted by atomic mass is 16.7. The van der Waals surface area contributed by atoms with Gasteiger partial charge in [-0.2, -0.15) is 0 Å². The van der Waals surface area contributed by atoms with Crippen LogP contribution in [0.2, 0.25) is 0 Å². The molecule has 18 heavy (non-hydrogen) atoms. The van der Waals surface area contributed by atoms with Crippen molar-refractivity contribution in [1.29, 1.82) is 0 Å². The fourth-order valence-corrected chi connectivity index (χ4v) is 1.58. The van der Waals surface area contributed by atoms with Gasteiger partial charge >= 0.3 is 0 Å². The number of hydrogen-bond acceptors (Lipinski definition) is 6. The summed E-state index contributed by atoms with van der Waals surface area (Å²) in [6.45, 7) is 0. The highest BCUT2D eigenvalue weighted by molar-refractivity contribution is 5.54. The molecule has 100 valence electrons. The molecule has 0 aliphatic carbocycles. The third kappa shape index (κ3) is 2.69. The summed E-state index contributed by atoms with van der Waals surface area (Å²) in [5, 5.41) is 11.0. The first kappa shape index (κ1) is 14.2. The Labute approximate surface area is 104 Å². The molecule has 1 aromatic rings. The molecule has 0 amide bonds. The van der Waals surface area contributed by atoms with E-state index in [1.54, 1.807) is 0 Å². The van der Waals surface area contributed by atoms with Gasteiger partial charge in [-0.3, -0.25) is 10.1 Å². The molecule has 0 atom stereocenters. The highest BCUT2D eigenvalue weighted by Gasteiger charge is 2.25. The van der Waals surface area contributed by atoms with Gasteiger partial charge in [-0.25, -0.2) is 0 Å². The summed E-state index contributed by atoms with van der Waals surface area (Å²) in [5.74, 6) is 0.649. The van der Waals surface area contributed by atoms with Crippen molar-refractivity contribution in [2.45, 2.75) is 6.29 Å². The van der Waals surface area contributed by atoms with E-state index in [1.807, 2.05) is 0 Å². The summed E-state index contributed by atoms with van der Waals surface area (Å²) in [7, 11) is 5.65. The summed E-state index contributed by atoms with van der Waals surface area (Å²) in [4.78, 5) is 10.5. The lowest BCUT2D eigenvalue weighted by molar-refractivity contribution is -0.387. The van der Waals surface area contributed by atoms with Gasteiger partial charge in [-0.15, -0.1) is 0 Å². The van der Waals surface area contributed by atoms with Crippen LogP contribution in [0.15, 0.2) is 12.1 Å². The van der Waals surface area contributed by atoms with Crippen LogP contribution < -0.4 is 9.47 Å². The predicted octanol–water partition coefficient (Wildman–Crippen LogP) is 1.90. The molecule has 0 bridgehead atoms. The second kappa shape index (κ2) is 6.18. The van der Waals surface area contributed by atoms with Crippen LogP contribution in [0.1, 0.15) is 11.9 Å². The normalized spacial score (nSPS) is 10.5. The molecule has 0 spiro atoms. The van der Waals surface area contributed by atoms with Crippen LogP contribution in [0.3, 0.4) is 0 Å². The Morgan fingerprint density at radius 2 is 1.56 bits per heavy atom. The Kier molecular flexibility index (Phi) is 4.87. The summed E-state index contributed by atoms with van der Waals surface area (Å²) >= 11 is 0. The molecule has 1 rings (SSSR count). The van der Waals surface area contributed by atoms with E-state index in [-0.39, 0.29) is 17.0 Å². The van der Waals surface area contributed by atoms with Gasteiger partial charge in [0, 0.05) is 14.2 Å². The zero-order valence-corrected chi connectivity index (χ0v) is 10.6. The van der Waals surface area contributed by atoms with Crippen LogP contribution in [-0.2, 0) is 9.47 Å². The van der Waals surface area contributed by atoms with Gasteiger partial charge in [0.15, 0.2) is 17.8 Å². The number of nitro benzene ring substituents is 1. The zero-order valence-electron chi connectivity index (χ0n) is 10.6. The average Bonchev–Trinajstić information content (AvgIpc) is 2.39. The number of methoxy groups -OCH3 is 4. The minimum absolute atomic E-state index is 0.152. The minimum Gasteiger partial charge on any atom is -0.493 e. The van der Waals surface area contributed by atoms with Crippen molar-refractivity contribution in [3.05, 3.63) is 27.8 Å². The van der Waals surface area contributed by atoms with Crippen molar-refractivity contribution in [2.75, 3.05) is 28.4 Å². The smallest absolute Gasteiger partial charge is 0.281 e. The number of nitrogens with zero attached hydrogens (tertiary/aromatic N) is 1. The van der Waals surface area contributed by atoms with Crippen molar-refractivity contribution < 1.29 is 23.9 Å². The first-order valence-electron chi connectivity index (χ1n) is 5.04. The van der Waals surface area contributed by atoms with Crippen LogP contribution in [0.5, 0.6) is 11.5 Å². The number of hydrogen-bond donors (Lipinski definition) is 0. The molecule has 0 radical (unpaired) electrons. The number of rotatable bonds is 6.